The molecule has 2 aliphatic rings. The molecule has 1 aromatic heterocycles. The monoisotopic (exact) mass is 511 g/mol. The van der Waals surface area contributed by atoms with E-state index in [1.807, 2.05) is 13.8 Å². The summed E-state index contributed by atoms with van der Waals surface area (Å²) < 4.78 is 5.94. The van der Waals surface area contributed by atoms with E-state index in [1.165, 1.54) is 24.4 Å². The lowest BCUT2D eigenvalue weighted by Gasteiger charge is -2.33. The number of aromatic amines is 1. The lowest BCUT2D eigenvalue weighted by atomic mass is 9.82. The van der Waals surface area contributed by atoms with Crippen molar-refractivity contribution in [3.05, 3.63) is 105 Å². The van der Waals surface area contributed by atoms with E-state index in [9.17, 15) is 29.6 Å². The molecule has 0 bridgehead atoms. The van der Waals surface area contributed by atoms with Gasteiger partial charge >= 0.3 is 0 Å². The number of ketones is 2. The number of nitro groups is 1. The molecule has 0 radical (unpaired) electrons. The highest BCUT2D eigenvalue weighted by atomic mass is 16.6. The zero-order valence-electron chi connectivity index (χ0n) is 20.3. The lowest BCUT2D eigenvalue weighted by Crippen LogP contribution is -2.61. The van der Waals surface area contributed by atoms with Crippen LogP contribution in [0.25, 0.3) is 10.9 Å². The summed E-state index contributed by atoms with van der Waals surface area (Å²) in [6.45, 7) is 3.88. The maximum Gasteiger partial charge on any atom is 0.293 e. The number of benzene rings is 3. The molecule has 2 unspecified atom stereocenters. The summed E-state index contributed by atoms with van der Waals surface area (Å²) in [5.41, 5.74) is -1.81. The lowest BCUT2D eigenvalue weighted by molar-refractivity contribution is -0.388. The van der Waals surface area contributed by atoms with Crippen molar-refractivity contribution in [1.29, 1.82) is 0 Å². The fraction of sp³-hybridized carbons (Fsp3) is 0.179. The van der Waals surface area contributed by atoms with Crippen molar-refractivity contribution in [2.45, 2.75) is 31.1 Å². The Morgan fingerprint density at radius 1 is 1.11 bits per heavy atom. The maximum absolute atomic E-state index is 14.0. The van der Waals surface area contributed by atoms with Gasteiger partial charge in [-0.05, 0) is 23.6 Å². The Morgan fingerprint density at radius 3 is 2.61 bits per heavy atom. The van der Waals surface area contributed by atoms with Crippen LogP contribution in [0, 0.1) is 10.1 Å². The third-order valence-electron chi connectivity index (χ3n) is 7.35. The van der Waals surface area contributed by atoms with Crippen LogP contribution < -0.4 is 10.1 Å². The van der Waals surface area contributed by atoms with Crippen LogP contribution in [0.3, 0.4) is 0 Å². The number of fused-ring (bicyclic) bond motifs is 6. The molecule has 4 aromatic rings. The van der Waals surface area contributed by atoms with E-state index in [0.717, 1.165) is 11.6 Å². The second kappa shape index (κ2) is 7.83. The molecular formula is C28H21N3O7. The summed E-state index contributed by atoms with van der Waals surface area (Å²) in [7, 11) is 0. The van der Waals surface area contributed by atoms with Crippen LogP contribution in [0.1, 0.15) is 57.2 Å². The molecule has 3 N–H and O–H groups in total. The van der Waals surface area contributed by atoms with Crippen LogP contribution >= 0.6 is 0 Å². The first kappa shape index (κ1) is 23.6. The van der Waals surface area contributed by atoms with Gasteiger partial charge in [-0.3, -0.25) is 24.5 Å². The Hall–Kier alpha value is -4.83. The van der Waals surface area contributed by atoms with Crippen molar-refractivity contribution in [3.63, 3.8) is 0 Å². The van der Waals surface area contributed by atoms with Crippen molar-refractivity contribution in [2.24, 2.45) is 0 Å². The summed E-state index contributed by atoms with van der Waals surface area (Å²) in [5, 5.41) is 26.9. The number of para-hydroxylation sites is 1. The molecule has 2 heterocycles. The number of carbonyl (C=O) groups excluding carboxylic acids is 3. The largest absolute Gasteiger partial charge is 0.454 e. The summed E-state index contributed by atoms with van der Waals surface area (Å²) in [6, 6.07) is 15.5. The SMILES string of the molecule is CC(C)c1ccc2c(c1)OC1(O)c3c(cccc3[N+](=O)[O-])C(=O)C21NC(=O)C(=O)c1c[nH]c2ccccc12. The number of aromatic nitrogens is 1. The normalized spacial score (nSPS) is 21.1. The van der Waals surface area contributed by atoms with Crippen molar-refractivity contribution in [2.75, 3.05) is 0 Å². The van der Waals surface area contributed by atoms with Crippen LogP contribution in [-0.4, -0.2) is 32.5 Å². The smallest absolute Gasteiger partial charge is 0.293 e. The molecule has 1 aliphatic carbocycles. The molecule has 6 rings (SSSR count). The molecule has 0 saturated heterocycles. The van der Waals surface area contributed by atoms with Gasteiger partial charge in [0, 0.05) is 34.3 Å². The summed E-state index contributed by atoms with van der Waals surface area (Å²) in [4.78, 5) is 55.0. The number of aliphatic hydroxyl groups is 1. The fourth-order valence-electron chi connectivity index (χ4n) is 5.48. The van der Waals surface area contributed by atoms with E-state index in [2.05, 4.69) is 10.3 Å². The number of ether oxygens (including phenoxy) is 1. The van der Waals surface area contributed by atoms with E-state index >= 15 is 0 Å². The summed E-state index contributed by atoms with van der Waals surface area (Å²) in [6.07, 6.45) is 1.39. The second-order valence-corrected chi connectivity index (χ2v) is 9.72. The molecule has 1 aliphatic heterocycles. The van der Waals surface area contributed by atoms with Crippen molar-refractivity contribution < 1.29 is 29.2 Å². The highest BCUT2D eigenvalue weighted by molar-refractivity contribution is 6.45. The number of nitro benzene ring substituents is 1. The molecule has 0 saturated carbocycles. The first-order valence-corrected chi connectivity index (χ1v) is 11.9. The van der Waals surface area contributed by atoms with Crippen molar-refractivity contribution in [1.82, 2.24) is 10.3 Å². The van der Waals surface area contributed by atoms with Crippen LogP contribution in [-0.2, 0) is 16.1 Å². The van der Waals surface area contributed by atoms with Crippen LogP contribution in [0.15, 0.2) is 66.9 Å². The molecule has 3 aromatic carbocycles. The van der Waals surface area contributed by atoms with Crippen LogP contribution in [0.2, 0.25) is 0 Å². The van der Waals surface area contributed by atoms with Crippen LogP contribution in [0.4, 0.5) is 5.69 Å². The van der Waals surface area contributed by atoms with E-state index < -0.39 is 39.4 Å². The zero-order chi connectivity index (χ0) is 27.0. The molecule has 190 valence electrons. The molecule has 2 atom stereocenters. The minimum atomic E-state index is -2.67. The highest BCUT2D eigenvalue weighted by Crippen LogP contribution is 2.60. The van der Waals surface area contributed by atoms with E-state index in [0.29, 0.717) is 10.9 Å². The molecule has 1 amide bonds. The average molecular weight is 511 g/mol. The van der Waals surface area contributed by atoms with Gasteiger partial charge in [-0.2, -0.15) is 0 Å². The molecule has 10 heteroatoms. The Morgan fingerprint density at radius 2 is 1.87 bits per heavy atom. The molecular weight excluding hydrogens is 490 g/mol. The van der Waals surface area contributed by atoms with Gasteiger partial charge < -0.3 is 20.1 Å². The third-order valence-corrected chi connectivity index (χ3v) is 7.35. The quantitative estimate of drug-likeness (QED) is 0.159. The topological polar surface area (TPSA) is 152 Å². The predicted molar refractivity (Wildman–Crippen MR) is 135 cm³/mol. The van der Waals surface area contributed by atoms with Crippen molar-refractivity contribution >= 4 is 34.1 Å². The Balaban J connectivity index is 1.54. The number of amides is 1. The molecule has 10 nitrogen and oxygen atoms in total. The molecule has 0 spiro atoms. The van der Waals surface area contributed by atoms with Crippen LogP contribution in [0.5, 0.6) is 5.75 Å². The minimum absolute atomic E-state index is 0.0605. The van der Waals surface area contributed by atoms with Gasteiger partial charge in [-0.25, -0.2) is 0 Å². The van der Waals surface area contributed by atoms with Gasteiger partial charge in [-0.15, -0.1) is 0 Å². The molecule has 38 heavy (non-hydrogen) atoms. The third kappa shape index (κ3) is 2.88. The number of rotatable bonds is 5. The minimum Gasteiger partial charge on any atom is -0.454 e. The maximum atomic E-state index is 14.0. The number of nitrogens with zero attached hydrogens (tertiary/aromatic N) is 1. The second-order valence-electron chi connectivity index (χ2n) is 9.72. The first-order chi connectivity index (χ1) is 18.1. The standard InChI is InChI=1S/C28H21N3O7/c1-14(2)15-10-11-19-22(12-15)38-28(35)23-17(7-5-9-21(23)31(36)37)25(33)27(19,28)30-26(34)24(32)18-13-29-20-8-4-3-6-16(18)20/h3-14,29,35H,1-2H3,(H,30,34). The van der Waals surface area contributed by atoms with Gasteiger partial charge in [0.2, 0.25) is 11.3 Å². The number of hydrogen-bond acceptors (Lipinski definition) is 7. The number of hydrogen-bond donors (Lipinski definition) is 3. The fourth-order valence-corrected chi connectivity index (χ4v) is 5.48. The zero-order valence-corrected chi connectivity index (χ0v) is 20.3. The number of nitrogens with one attached hydrogen (secondary N) is 2. The average Bonchev–Trinajstić information content (AvgIpc) is 3.49. The van der Waals surface area contributed by atoms with Crippen molar-refractivity contribution in [3.8, 4) is 5.75 Å². The van der Waals surface area contributed by atoms with Gasteiger partial charge in [0.05, 0.1) is 10.5 Å². The van der Waals surface area contributed by atoms with E-state index in [4.69, 9.17) is 4.74 Å². The van der Waals surface area contributed by atoms with Gasteiger partial charge in [0.25, 0.3) is 23.2 Å². The summed E-state index contributed by atoms with van der Waals surface area (Å²) in [5.74, 6) is -5.49. The number of Topliss-reactive ketones (excluding diaryl/α,β-unsaturated/α-hetero) is 2. The Labute approximate surface area is 215 Å². The van der Waals surface area contributed by atoms with E-state index in [-0.39, 0.29) is 33.9 Å². The van der Waals surface area contributed by atoms with E-state index in [1.54, 1.807) is 36.4 Å². The number of carbonyl (C=O) groups is 3. The van der Waals surface area contributed by atoms with Gasteiger partial charge in [-0.1, -0.05) is 56.3 Å². The first-order valence-electron chi connectivity index (χ1n) is 11.9. The summed E-state index contributed by atoms with van der Waals surface area (Å²) >= 11 is 0. The van der Waals surface area contributed by atoms with Gasteiger partial charge in [0.1, 0.15) is 11.3 Å². The van der Waals surface area contributed by atoms with Gasteiger partial charge in [0.15, 0.2) is 0 Å². The Bertz CT molecular complexity index is 1720. The highest BCUT2D eigenvalue weighted by Gasteiger charge is 2.73. The predicted octanol–water partition coefficient (Wildman–Crippen LogP) is 3.83. The number of H-pyrrole nitrogens is 1. The Kier molecular flexibility index (Phi) is 4.86. The molecule has 0 fully saturated rings.